The van der Waals surface area contributed by atoms with Crippen LogP contribution < -0.4 is 0 Å². The summed E-state index contributed by atoms with van der Waals surface area (Å²) in [6.45, 7) is 0. The summed E-state index contributed by atoms with van der Waals surface area (Å²) in [6.07, 6.45) is 7.53. The molecule has 1 fully saturated rings. The monoisotopic (exact) mass is 259 g/mol. The van der Waals surface area contributed by atoms with Crippen molar-refractivity contribution in [2.24, 2.45) is 11.8 Å². The van der Waals surface area contributed by atoms with Crippen molar-refractivity contribution in [3.05, 3.63) is 60.7 Å². The Kier molecular flexibility index (Phi) is 2.01. The van der Waals surface area contributed by atoms with Crippen LogP contribution in [-0.2, 0) is 0 Å². The van der Waals surface area contributed by atoms with E-state index in [1.807, 2.05) is 0 Å². The molecular weight excluding hydrogens is 242 g/mol. The van der Waals surface area contributed by atoms with Crippen molar-refractivity contribution in [3.63, 3.8) is 0 Å². The van der Waals surface area contributed by atoms with Gasteiger partial charge in [-0.3, -0.25) is 0 Å². The third kappa shape index (κ3) is 1.28. The Bertz CT molecular complexity index is 786. The standard InChI is InChI=1S/C19H17N/c1-3-7-17-15(5-1)16-6-2-4-8-18(16)20(17)19-12-13-9-10-14(19)11-13/h1-10,13-14,19H,11-12H2. The minimum absolute atomic E-state index is 0.648. The number of benzene rings is 2. The Labute approximate surface area is 118 Å². The van der Waals surface area contributed by atoms with Crippen molar-refractivity contribution in [1.29, 1.82) is 0 Å². The molecule has 0 spiro atoms. The lowest BCUT2D eigenvalue weighted by Crippen LogP contribution is -2.13. The van der Waals surface area contributed by atoms with E-state index < -0.39 is 0 Å². The second-order valence-electron chi connectivity index (χ2n) is 6.25. The largest absolute Gasteiger partial charge is 0.337 e. The van der Waals surface area contributed by atoms with E-state index in [0.717, 1.165) is 11.8 Å². The number of rotatable bonds is 1. The van der Waals surface area contributed by atoms with Crippen molar-refractivity contribution in [2.45, 2.75) is 18.9 Å². The Morgan fingerprint density at radius 2 is 1.40 bits per heavy atom. The second-order valence-corrected chi connectivity index (χ2v) is 6.25. The van der Waals surface area contributed by atoms with E-state index in [0.29, 0.717) is 6.04 Å². The molecule has 0 aliphatic heterocycles. The molecule has 0 amide bonds. The summed E-state index contributed by atoms with van der Waals surface area (Å²) < 4.78 is 2.61. The van der Waals surface area contributed by atoms with Gasteiger partial charge >= 0.3 is 0 Å². The topological polar surface area (TPSA) is 4.93 Å². The van der Waals surface area contributed by atoms with E-state index >= 15 is 0 Å². The summed E-state index contributed by atoms with van der Waals surface area (Å²) in [5, 5.41) is 2.80. The van der Waals surface area contributed by atoms with Gasteiger partial charge in [0.15, 0.2) is 0 Å². The molecule has 1 saturated carbocycles. The van der Waals surface area contributed by atoms with Gasteiger partial charge in [0.25, 0.3) is 0 Å². The number of aromatic nitrogens is 1. The first-order valence-electron chi connectivity index (χ1n) is 7.58. The molecule has 0 radical (unpaired) electrons. The molecule has 1 heteroatoms. The summed E-state index contributed by atoms with van der Waals surface area (Å²) in [4.78, 5) is 0. The SMILES string of the molecule is C1=CC2CC1CC2n1c2ccccc2c2ccccc21. The molecule has 1 nitrogen and oxygen atoms in total. The Morgan fingerprint density at radius 1 is 0.750 bits per heavy atom. The third-order valence-corrected chi connectivity index (χ3v) is 5.19. The zero-order chi connectivity index (χ0) is 13.1. The number of fused-ring (bicyclic) bond motifs is 5. The minimum Gasteiger partial charge on any atom is -0.337 e. The molecule has 3 unspecified atom stereocenters. The molecule has 20 heavy (non-hydrogen) atoms. The van der Waals surface area contributed by atoms with Gasteiger partial charge in [0.1, 0.15) is 0 Å². The first-order valence-corrected chi connectivity index (χ1v) is 7.58. The molecule has 3 aromatic rings. The van der Waals surface area contributed by atoms with Crippen molar-refractivity contribution in [3.8, 4) is 0 Å². The fourth-order valence-electron chi connectivity index (χ4n) is 4.36. The number of para-hydroxylation sites is 2. The highest BCUT2D eigenvalue weighted by atomic mass is 15.0. The zero-order valence-corrected chi connectivity index (χ0v) is 11.4. The van der Waals surface area contributed by atoms with Gasteiger partial charge in [0, 0.05) is 27.8 Å². The maximum atomic E-state index is 2.61. The van der Waals surface area contributed by atoms with E-state index in [9.17, 15) is 0 Å². The molecule has 1 heterocycles. The number of hydrogen-bond donors (Lipinski definition) is 0. The quantitative estimate of drug-likeness (QED) is 0.546. The molecule has 5 rings (SSSR count). The summed E-state index contributed by atoms with van der Waals surface area (Å²) >= 11 is 0. The van der Waals surface area contributed by atoms with Gasteiger partial charge in [-0.25, -0.2) is 0 Å². The van der Waals surface area contributed by atoms with Crippen LogP contribution in [0.15, 0.2) is 60.7 Å². The number of hydrogen-bond acceptors (Lipinski definition) is 0. The summed E-state index contributed by atoms with van der Waals surface area (Å²) in [5.74, 6) is 1.55. The molecule has 2 aliphatic rings. The molecule has 1 aromatic heterocycles. The van der Waals surface area contributed by atoms with Crippen LogP contribution in [0, 0.1) is 11.8 Å². The summed E-state index contributed by atoms with van der Waals surface area (Å²) in [7, 11) is 0. The van der Waals surface area contributed by atoms with Crippen LogP contribution in [0.4, 0.5) is 0 Å². The van der Waals surface area contributed by atoms with Crippen molar-refractivity contribution >= 4 is 21.8 Å². The summed E-state index contributed by atoms with van der Waals surface area (Å²) in [6, 6.07) is 18.4. The molecule has 2 aliphatic carbocycles. The van der Waals surface area contributed by atoms with Gasteiger partial charge in [-0.1, -0.05) is 48.6 Å². The lowest BCUT2D eigenvalue weighted by molar-refractivity contribution is 0.455. The van der Waals surface area contributed by atoms with Crippen LogP contribution in [-0.4, -0.2) is 4.57 Å². The maximum Gasteiger partial charge on any atom is 0.0494 e. The maximum absolute atomic E-state index is 2.61. The van der Waals surface area contributed by atoms with E-state index in [2.05, 4.69) is 65.3 Å². The van der Waals surface area contributed by atoms with Crippen LogP contribution in [0.1, 0.15) is 18.9 Å². The number of allylic oxidation sites excluding steroid dienone is 2. The highest BCUT2D eigenvalue weighted by Crippen LogP contribution is 2.48. The molecular formula is C19H17N. The predicted octanol–water partition coefficient (Wildman–Crippen LogP) is 4.93. The highest BCUT2D eigenvalue weighted by Gasteiger charge is 2.37. The Morgan fingerprint density at radius 3 is 1.95 bits per heavy atom. The molecule has 98 valence electrons. The Hall–Kier alpha value is -2.02. The van der Waals surface area contributed by atoms with Crippen LogP contribution in [0.5, 0.6) is 0 Å². The Balaban J connectivity index is 1.87. The number of nitrogens with zero attached hydrogens (tertiary/aromatic N) is 1. The van der Waals surface area contributed by atoms with Crippen molar-refractivity contribution in [2.75, 3.05) is 0 Å². The molecule has 2 bridgehead atoms. The predicted molar refractivity (Wildman–Crippen MR) is 83.8 cm³/mol. The summed E-state index contributed by atoms with van der Waals surface area (Å²) in [5.41, 5.74) is 2.80. The lowest BCUT2D eigenvalue weighted by Gasteiger charge is -2.22. The van der Waals surface area contributed by atoms with Crippen LogP contribution >= 0.6 is 0 Å². The molecule has 0 saturated heterocycles. The average Bonchev–Trinajstić information content (AvgIpc) is 3.19. The first-order chi connectivity index (χ1) is 9.92. The highest BCUT2D eigenvalue weighted by molar-refractivity contribution is 6.08. The fraction of sp³-hybridized carbons (Fsp3) is 0.263. The second kappa shape index (κ2) is 3.76. The van der Waals surface area contributed by atoms with E-state index in [1.165, 1.54) is 34.6 Å². The van der Waals surface area contributed by atoms with Gasteiger partial charge in [-0.05, 0) is 36.8 Å². The van der Waals surface area contributed by atoms with E-state index in [1.54, 1.807) is 0 Å². The van der Waals surface area contributed by atoms with Gasteiger partial charge in [0.2, 0.25) is 0 Å². The minimum atomic E-state index is 0.648. The van der Waals surface area contributed by atoms with Crippen LogP contribution in [0.2, 0.25) is 0 Å². The van der Waals surface area contributed by atoms with Crippen molar-refractivity contribution in [1.82, 2.24) is 4.57 Å². The smallest absolute Gasteiger partial charge is 0.0494 e. The van der Waals surface area contributed by atoms with Crippen LogP contribution in [0.3, 0.4) is 0 Å². The van der Waals surface area contributed by atoms with Crippen molar-refractivity contribution < 1.29 is 0 Å². The van der Waals surface area contributed by atoms with Gasteiger partial charge in [0.05, 0.1) is 0 Å². The van der Waals surface area contributed by atoms with E-state index in [-0.39, 0.29) is 0 Å². The lowest BCUT2D eigenvalue weighted by atomic mass is 10.0. The van der Waals surface area contributed by atoms with Crippen LogP contribution in [0.25, 0.3) is 21.8 Å². The van der Waals surface area contributed by atoms with Gasteiger partial charge in [-0.2, -0.15) is 0 Å². The van der Waals surface area contributed by atoms with Gasteiger partial charge < -0.3 is 4.57 Å². The van der Waals surface area contributed by atoms with Gasteiger partial charge in [-0.15, -0.1) is 0 Å². The fourth-order valence-corrected chi connectivity index (χ4v) is 4.36. The normalized spacial score (nSPS) is 27.9. The molecule has 2 aromatic carbocycles. The zero-order valence-electron chi connectivity index (χ0n) is 11.4. The first kappa shape index (κ1) is 10.7. The third-order valence-electron chi connectivity index (χ3n) is 5.19. The molecule has 0 N–H and O–H groups in total. The van der Waals surface area contributed by atoms with E-state index in [4.69, 9.17) is 0 Å². The average molecular weight is 259 g/mol. The molecule has 3 atom stereocenters.